The van der Waals surface area contributed by atoms with Crippen molar-refractivity contribution in [1.82, 2.24) is 5.43 Å². The number of nitrogens with zero attached hydrogens (tertiary/aromatic N) is 1. The minimum absolute atomic E-state index is 0.114. The Morgan fingerprint density at radius 3 is 2.64 bits per heavy atom. The first-order chi connectivity index (χ1) is 11.9. The number of nitrogens with one attached hydrogen (secondary N) is 1. The number of aromatic hydroxyl groups is 1. The fraction of sp³-hybridized carbons (Fsp3) is 0.222. The lowest BCUT2D eigenvalue weighted by molar-refractivity contribution is -0.123. The van der Waals surface area contributed by atoms with Crippen molar-refractivity contribution in [2.75, 3.05) is 13.7 Å². The molecule has 0 saturated carbocycles. The van der Waals surface area contributed by atoms with E-state index in [9.17, 15) is 9.90 Å². The summed E-state index contributed by atoms with van der Waals surface area (Å²) in [5.74, 6) is 0.363. The number of ether oxygens (including phenoxy) is 2. The number of carbonyl (C=O) groups excluding carboxylic acids is 1. The summed E-state index contributed by atoms with van der Waals surface area (Å²) in [6.07, 6.45) is 1.28. The molecule has 0 aliphatic carbocycles. The van der Waals surface area contributed by atoms with E-state index in [2.05, 4.69) is 10.5 Å². The summed E-state index contributed by atoms with van der Waals surface area (Å²) in [6.45, 7) is 3.65. The van der Waals surface area contributed by atoms with Crippen molar-refractivity contribution in [3.05, 3.63) is 52.0 Å². The van der Waals surface area contributed by atoms with E-state index in [1.165, 1.54) is 25.5 Å². The monoisotopic (exact) mass is 362 g/mol. The molecule has 1 amide bonds. The Labute approximate surface area is 151 Å². The Morgan fingerprint density at radius 2 is 2.00 bits per heavy atom. The van der Waals surface area contributed by atoms with Crippen molar-refractivity contribution in [3.63, 3.8) is 0 Å². The van der Waals surface area contributed by atoms with Crippen LogP contribution in [-0.4, -0.2) is 30.9 Å². The third-order valence-electron chi connectivity index (χ3n) is 3.44. The predicted octanol–water partition coefficient (Wildman–Crippen LogP) is 3.20. The number of hydrazone groups is 1. The third-order valence-corrected chi connectivity index (χ3v) is 3.66. The number of para-hydroxylation sites is 1. The van der Waals surface area contributed by atoms with Gasteiger partial charge in [0.05, 0.1) is 13.3 Å². The molecule has 0 spiro atoms. The molecule has 132 valence electrons. The highest BCUT2D eigenvalue weighted by Crippen LogP contribution is 2.32. The topological polar surface area (TPSA) is 80.2 Å². The van der Waals surface area contributed by atoms with Gasteiger partial charge in [0.1, 0.15) is 5.75 Å². The van der Waals surface area contributed by atoms with Crippen molar-refractivity contribution in [1.29, 1.82) is 0 Å². The molecule has 2 N–H and O–H groups in total. The third kappa shape index (κ3) is 4.87. The van der Waals surface area contributed by atoms with Crippen molar-refractivity contribution < 1.29 is 19.4 Å². The number of aryl methyl sites for hydroxylation is 2. The number of hydrogen-bond donors (Lipinski definition) is 2. The van der Waals surface area contributed by atoms with E-state index in [-0.39, 0.29) is 18.1 Å². The molecule has 0 radical (unpaired) electrons. The minimum atomic E-state index is -0.424. The number of halogens is 1. The second-order valence-electron chi connectivity index (χ2n) is 5.35. The average Bonchev–Trinajstić information content (AvgIpc) is 2.57. The van der Waals surface area contributed by atoms with Crippen LogP contribution in [0.4, 0.5) is 0 Å². The number of hydrogen-bond acceptors (Lipinski definition) is 5. The lowest BCUT2D eigenvalue weighted by Crippen LogP contribution is -2.25. The maximum atomic E-state index is 11.8. The van der Waals surface area contributed by atoms with Gasteiger partial charge < -0.3 is 14.6 Å². The summed E-state index contributed by atoms with van der Waals surface area (Å²) >= 11 is 5.93. The van der Waals surface area contributed by atoms with E-state index in [0.717, 1.165) is 11.1 Å². The van der Waals surface area contributed by atoms with Gasteiger partial charge in [-0.2, -0.15) is 5.10 Å². The van der Waals surface area contributed by atoms with Gasteiger partial charge in [0.15, 0.2) is 18.1 Å². The lowest BCUT2D eigenvalue weighted by Gasteiger charge is -2.10. The molecule has 25 heavy (non-hydrogen) atoms. The smallest absolute Gasteiger partial charge is 0.277 e. The second-order valence-corrected chi connectivity index (χ2v) is 5.79. The normalized spacial score (nSPS) is 10.7. The number of phenols is 1. The largest absolute Gasteiger partial charge is 0.504 e. The quantitative estimate of drug-likeness (QED) is 0.611. The Bertz CT molecular complexity index is 786. The van der Waals surface area contributed by atoms with Gasteiger partial charge in [0.2, 0.25) is 0 Å². The number of phenolic OH excluding ortho intramolecular Hbond substituents is 1. The van der Waals surface area contributed by atoms with Gasteiger partial charge in [-0.15, -0.1) is 0 Å². The average molecular weight is 363 g/mol. The number of carbonyl (C=O) groups is 1. The second kappa shape index (κ2) is 8.39. The molecule has 7 heteroatoms. The Hall–Kier alpha value is -2.73. The van der Waals surface area contributed by atoms with Crippen molar-refractivity contribution >= 4 is 23.7 Å². The van der Waals surface area contributed by atoms with E-state index in [1.807, 2.05) is 32.0 Å². The molecule has 0 aliphatic heterocycles. The van der Waals surface area contributed by atoms with Gasteiger partial charge in [0, 0.05) is 16.7 Å². The van der Waals surface area contributed by atoms with E-state index in [4.69, 9.17) is 21.1 Å². The number of methoxy groups -OCH3 is 1. The lowest BCUT2D eigenvalue weighted by atomic mass is 10.1. The van der Waals surface area contributed by atoms with Crippen LogP contribution in [-0.2, 0) is 4.79 Å². The Kier molecular flexibility index (Phi) is 6.25. The fourth-order valence-corrected chi connectivity index (χ4v) is 2.44. The van der Waals surface area contributed by atoms with Crippen LogP contribution in [0, 0.1) is 13.8 Å². The maximum absolute atomic E-state index is 11.8. The van der Waals surface area contributed by atoms with Gasteiger partial charge in [-0.25, -0.2) is 5.43 Å². The summed E-state index contributed by atoms with van der Waals surface area (Å²) < 4.78 is 10.5. The molecule has 0 fully saturated rings. The first-order valence-corrected chi connectivity index (χ1v) is 7.87. The molecular formula is C18H19ClN2O4. The number of benzene rings is 2. The van der Waals surface area contributed by atoms with Gasteiger partial charge in [0.25, 0.3) is 5.91 Å². The summed E-state index contributed by atoms with van der Waals surface area (Å²) in [4.78, 5) is 11.8. The van der Waals surface area contributed by atoms with Gasteiger partial charge >= 0.3 is 0 Å². The summed E-state index contributed by atoms with van der Waals surface area (Å²) in [5.41, 5.74) is 4.56. The first kappa shape index (κ1) is 18.6. The summed E-state index contributed by atoms with van der Waals surface area (Å²) in [5, 5.41) is 14.2. The zero-order chi connectivity index (χ0) is 18.4. The summed E-state index contributed by atoms with van der Waals surface area (Å²) in [6, 6.07) is 8.72. The van der Waals surface area contributed by atoms with Gasteiger partial charge in [-0.1, -0.05) is 29.8 Å². The molecule has 0 bridgehead atoms. The van der Waals surface area contributed by atoms with Crippen molar-refractivity contribution in [2.24, 2.45) is 5.10 Å². The molecule has 0 unspecified atom stereocenters. The zero-order valence-electron chi connectivity index (χ0n) is 14.2. The Balaban J connectivity index is 1.96. The van der Waals surface area contributed by atoms with Crippen LogP contribution in [0.2, 0.25) is 5.02 Å². The Morgan fingerprint density at radius 1 is 1.32 bits per heavy atom. The minimum Gasteiger partial charge on any atom is -0.504 e. The molecule has 2 aromatic carbocycles. The molecular weight excluding hydrogens is 344 g/mol. The molecule has 2 rings (SSSR count). The number of amides is 1. The number of rotatable bonds is 6. The van der Waals surface area contributed by atoms with Crippen LogP contribution in [0.5, 0.6) is 17.2 Å². The standard InChI is InChI=1S/C18H19ClN2O4/c1-11-5-4-6-12(2)18(11)25-10-16(22)21-20-9-13-7-14(19)8-15(24-3)17(13)23/h4-9,23H,10H2,1-3H3,(H,21,22)/b20-9+. The van der Waals surface area contributed by atoms with Gasteiger partial charge in [-0.05, 0) is 31.0 Å². The first-order valence-electron chi connectivity index (χ1n) is 7.49. The maximum Gasteiger partial charge on any atom is 0.277 e. The molecule has 2 aromatic rings. The van der Waals surface area contributed by atoms with Crippen molar-refractivity contribution in [3.8, 4) is 17.2 Å². The van der Waals surface area contributed by atoms with Crippen LogP contribution < -0.4 is 14.9 Å². The SMILES string of the molecule is COc1cc(Cl)cc(/C=N/NC(=O)COc2c(C)cccc2C)c1O. The van der Waals surface area contributed by atoms with E-state index < -0.39 is 5.91 Å². The van der Waals surface area contributed by atoms with Crippen LogP contribution in [0.3, 0.4) is 0 Å². The predicted molar refractivity (Wildman–Crippen MR) is 96.8 cm³/mol. The highest BCUT2D eigenvalue weighted by Gasteiger charge is 2.09. The summed E-state index contributed by atoms with van der Waals surface area (Å²) in [7, 11) is 1.42. The van der Waals surface area contributed by atoms with Crippen LogP contribution >= 0.6 is 11.6 Å². The highest BCUT2D eigenvalue weighted by molar-refractivity contribution is 6.31. The molecule has 6 nitrogen and oxygen atoms in total. The fourth-order valence-electron chi connectivity index (χ4n) is 2.22. The molecule has 0 atom stereocenters. The molecule has 0 aliphatic rings. The van der Waals surface area contributed by atoms with Crippen molar-refractivity contribution in [2.45, 2.75) is 13.8 Å². The van der Waals surface area contributed by atoms with E-state index >= 15 is 0 Å². The van der Waals surface area contributed by atoms with Crippen LogP contribution in [0.25, 0.3) is 0 Å². The molecule has 0 heterocycles. The highest BCUT2D eigenvalue weighted by atomic mass is 35.5. The zero-order valence-corrected chi connectivity index (χ0v) is 14.9. The van der Waals surface area contributed by atoms with Crippen LogP contribution in [0.15, 0.2) is 35.4 Å². The molecule has 0 saturated heterocycles. The van der Waals surface area contributed by atoms with Gasteiger partial charge in [-0.3, -0.25) is 4.79 Å². The molecule has 0 aromatic heterocycles. The van der Waals surface area contributed by atoms with Crippen LogP contribution in [0.1, 0.15) is 16.7 Å². The van der Waals surface area contributed by atoms with E-state index in [1.54, 1.807) is 0 Å². The van der Waals surface area contributed by atoms with E-state index in [0.29, 0.717) is 16.3 Å².